The van der Waals surface area contributed by atoms with E-state index in [1.165, 1.54) is 0 Å². The Labute approximate surface area is 145 Å². The topological polar surface area (TPSA) is 44.3 Å². The van der Waals surface area contributed by atoms with Crippen molar-refractivity contribution in [3.8, 4) is 5.75 Å². The third-order valence-electron chi connectivity index (χ3n) is 4.34. The van der Waals surface area contributed by atoms with Crippen molar-refractivity contribution >= 4 is 17.3 Å². The van der Waals surface area contributed by atoms with Crippen molar-refractivity contribution in [1.82, 2.24) is 5.32 Å². The summed E-state index contributed by atoms with van der Waals surface area (Å²) in [6.07, 6.45) is -0.190. The zero-order valence-electron chi connectivity index (χ0n) is 12.9. The number of hydrogen-bond acceptors (Lipinski definition) is 3. The SMILES string of the molecule is Oc1ccccc1[C@H]1Nc2ccc(Cl)cc2[C@@H](c2ccccc2)N1. The Bertz CT molecular complexity index is 867. The van der Waals surface area contributed by atoms with Gasteiger partial charge in [0.05, 0.1) is 6.04 Å². The van der Waals surface area contributed by atoms with Crippen molar-refractivity contribution < 1.29 is 5.11 Å². The van der Waals surface area contributed by atoms with Gasteiger partial charge in [-0.1, -0.05) is 60.1 Å². The molecule has 0 saturated heterocycles. The second-order valence-corrected chi connectivity index (χ2v) is 6.31. The molecule has 0 saturated carbocycles. The second-order valence-electron chi connectivity index (χ2n) is 5.88. The summed E-state index contributed by atoms with van der Waals surface area (Å²) in [4.78, 5) is 0. The third kappa shape index (κ3) is 2.73. The largest absolute Gasteiger partial charge is 0.508 e. The highest BCUT2D eigenvalue weighted by Crippen LogP contribution is 2.39. The van der Waals surface area contributed by atoms with Gasteiger partial charge in [-0.25, -0.2) is 0 Å². The molecular formula is C20H17ClN2O. The van der Waals surface area contributed by atoms with Crippen LogP contribution in [0.3, 0.4) is 0 Å². The fourth-order valence-electron chi connectivity index (χ4n) is 3.18. The van der Waals surface area contributed by atoms with E-state index in [9.17, 15) is 5.11 Å². The number of benzene rings is 3. The van der Waals surface area contributed by atoms with Crippen molar-refractivity contribution in [2.24, 2.45) is 0 Å². The molecule has 0 amide bonds. The van der Waals surface area contributed by atoms with E-state index >= 15 is 0 Å². The van der Waals surface area contributed by atoms with Crippen LogP contribution in [0.2, 0.25) is 5.02 Å². The normalized spacial score (nSPS) is 19.4. The molecule has 120 valence electrons. The number of anilines is 1. The number of halogens is 1. The molecule has 1 heterocycles. The molecule has 1 aliphatic heterocycles. The molecule has 3 aromatic rings. The van der Waals surface area contributed by atoms with E-state index in [4.69, 9.17) is 11.6 Å². The van der Waals surface area contributed by atoms with E-state index < -0.39 is 0 Å². The first kappa shape index (κ1) is 15.1. The van der Waals surface area contributed by atoms with E-state index in [0.29, 0.717) is 5.02 Å². The molecule has 24 heavy (non-hydrogen) atoms. The van der Waals surface area contributed by atoms with Crippen molar-refractivity contribution in [1.29, 1.82) is 0 Å². The number of nitrogens with one attached hydrogen (secondary N) is 2. The number of hydrogen-bond donors (Lipinski definition) is 3. The summed E-state index contributed by atoms with van der Waals surface area (Å²) in [6, 6.07) is 23.4. The van der Waals surface area contributed by atoms with Crippen LogP contribution in [0.5, 0.6) is 5.75 Å². The van der Waals surface area contributed by atoms with Gasteiger partial charge in [0.1, 0.15) is 11.9 Å². The summed E-state index contributed by atoms with van der Waals surface area (Å²) in [5.74, 6) is 0.270. The van der Waals surface area contributed by atoms with Crippen LogP contribution < -0.4 is 10.6 Å². The number of aromatic hydroxyl groups is 1. The van der Waals surface area contributed by atoms with Gasteiger partial charge in [-0.15, -0.1) is 0 Å². The van der Waals surface area contributed by atoms with Crippen molar-refractivity contribution in [2.45, 2.75) is 12.2 Å². The van der Waals surface area contributed by atoms with Crippen LogP contribution in [-0.2, 0) is 0 Å². The lowest BCUT2D eigenvalue weighted by Crippen LogP contribution is -2.37. The van der Waals surface area contributed by atoms with Crippen LogP contribution in [0.4, 0.5) is 5.69 Å². The highest BCUT2D eigenvalue weighted by molar-refractivity contribution is 6.30. The minimum atomic E-state index is -0.190. The number of rotatable bonds is 2. The third-order valence-corrected chi connectivity index (χ3v) is 4.57. The fourth-order valence-corrected chi connectivity index (χ4v) is 3.36. The van der Waals surface area contributed by atoms with E-state index in [0.717, 1.165) is 22.4 Å². The Morgan fingerprint density at radius 1 is 0.833 bits per heavy atom. The molecule has 0 spiro atoms. The quantitative estimate of drug-likeness (QED) is 0.627. The highest BCUT2D eigenvalue weighted by atomic mass is 35.5. The lowest BCUT2D eigenvalue weighted by atomic mass is 9.93. The van der Waals surface area contributed by atoms with Gasteiger partial charge in [-0.2, -0.15) is 0 Å². The van der Waals surface area contributed by atoms with Crippen molar-refractivity contribution in [3.05, 3.63) is 94.5 Å². The first-order chi connectivity index (χ1) is 11.7. The number of phenolic OH excluding ortho intramolecular Hbond substituents is 1. The molecule has 0 radical (unpaired) electrons. The average Bonchev–Trinajstić information content (AvgIpc) is 2.62. The first-order valence-electron chi connectivity index (χ1n) is 7.87. The van der Waals surface area contributed by atoms with Gasteiger partial charge in [-0.3, -0.25) is 5.32 Å². The standard InChI is InChI=1S/C20H17ClN2O/c21-14-10-11-17-16(12-14)19(13-6-2-1-3-7-13)23-20(22-17)15-8-4-5-9-18(15)24/h1-12,19-20,22-24H/t19-,20+/m1/s1. The summed E-state index contributed by atoms with van der Waals surface area (Å²) in [5, 5.41) is 18.0. The van der Waals surface area contributed by atoms with Crippen molar-refractivity contribution in [3.63, 3.8) is 0 Å². The van der Waals surface area contributed by atoms with Gasteiger partial charge in [-0.05, 0) is 35.4 Å². The van der Waals surface area contributed by atoms with E-state index in [1.807, 2.05) is 54.6 Å². The maximum Gasteiger partial charge on any atom is 0.122 e. The molecule has 3 nitrogen and oxygen atoms in total. The predicted octanol–water partition coefficient (Wildman–Crippen LogP) is 4.85. The molecule has 4 rings (SSSR count). The average molecular weight is 337 g/mol. The molecule has 0 aromatic heterocycles. The van der Waals surface area contributed by atoms with Gasteiger partial charge in [0, 0.05) is 16.3 Å². The molecule has 2 atom stereocenters. The fraction of sp³-hybridized carbons (Fsp3) is 0.100. The Kier molecular flexibility index (Phi) is 3.89. The van der Waals surface area contributed by atoms with E-state index in [1.54, 1.807) is 6.07 Å². The predicted molar refractivity (Wildman–Crippen MR) is 97.3 cm³/mol. The molecule has 0 bridgehead atoms. The lowest BCUT2D eigenvalue weighted by Gasteiger charge is -2.35. The van der Waals surface area contributed by atoms with Gasteiger partial charge in [0.15, 0.2) is 0 Å². The Morgan fingerprint density at radius 2 is 1.58 bits per heavy atom. The highest BCUT2D eigenvalue weighted by Gasteiger charge is 2.29. The van der Waals surface area contributed by atoms with E-state index in [2.05, 4.69) is 22.8 Å². The number of fused-ring (bicyclic) bond motifs is 1. The van der Waals surface area contributed by atoms with Gasteiger partial charge in [0.25, 0.3) is 0 Å². The van der Waals surface area contributed by atoms with Crippen LogP contribution in [-0.4, -0.2) is 5.11 Å². The number of phenols is 1. The molecule has 3 aromatic carbocycles. The summed E-state index contributed by atoms with van der Waals surface area (Å²) < 4.78 is 0. The molecule has 3 N–H and O–H groups in total. The molecule has 0 aliphatic carbocycles. The van der Waals surface area contributed by atoms with E-state index in [-0.39, 0.29) is 18.0 Å². The zero-order valence-corrected chi connectivity index (χ0v) is 13.7. The second kappa shape index (κ2) is 6.19. The van der Waals surface area contributed by atoms with Crippen molar-refractivity contribution in [2.75, 3.05) is 5.32 Å². The molecule has 4 heteroatoms. The zero-order chi connectivity index (χ0) is 16.5. The van der Waals surface area contributed by atoms with Crippen LogP contribution in [0.1, 0.15) is 28.9 Å². The molecular weight excluding hydrogens is 320 g/mol. The summed E-state index contributed by atoms with van der Waals surface area (Å²) in [7, 11) is 0. The Hall–Kier alpha value is -2.49. The maximum atomic E-state index is 10.2. The first-order valence-corrected chi connectivity index (χ1v) is 8.25. The minimum Gasteiger partial charge on any atom is -0.508 e. The molecule has 0 unspecified atom stereocenters. The summed E-state index contributed by atoms with van der Waals surface area (Å²) in [6.45, 7) is 0. The lowest BCUT2D eigenvalue weighted by molar-refractivity contribution is 0.442. The van der Waals surface area contributed by atoms with Gasteiger partial charge in [0.2, 0.25) is 0 Å². The monoisotopic (exact) mass is 336 g/mol. The summed E-state index contributed by atoms with van der Waals surface area (Å²) in [5.41, 5.74) is 4.09. The smallest absolute Gasteiger partial charge is 0.122 e. The summed E-state index contributed by atoms with van der Waals surface area (Å²) >= 11 is 6.21. The van der Waals surface area contributed by atoms with Crippen LogP contribution in [0.15, 0.2) is 72.8 Å². The van der Waals surface area contributed by atoms with Crippen LogP contribution in [0, 0.1) is 0 Å². The Balaban J connectivity index is 1.81. The Morgan fingerprint density at radius 3 is 2.38 bits per heavy atom. The maximum absolute atomic E-state index is 10.2. The molecule has 0 fully saturated rings. The minimum absolute atomic E-state index is 0.00856. The molecule has 1 aliphatic rings. The van der Waals surface area contributed by atoms with Crippen LogP contribution >= 0.6 is 11.6 Å². The van der Waals surface area contributed by atoms with Gasteiger partial charge >= 0.3 is 0 Å². The van der Waals surface area contributed by atoms with Crippen LogP contribution in [0.25, 0.3) is 0 Å². The number of para-hydroxylation sites is 1. The van der Waals surface area contributed by atoms with Gasteiger partial charge < -0.3 is 10.4 Å².